The zero-order chi connectivity index (χ0) is 12.4. The predicted molar refractivity (Wildman–Crippen MR) is 71.6 cm³/mol. The number of nitrogens with zero attached hydrogens (tertiary/aromatic N) is 1. The second kappa shape index (κ2) is 4.96. The molecule has 1 fully saturated rings. The number of hydrogen-bond donors (Lipinski definition) is 1. The Morgan fingerprint density at radius 3 is 2.65 bits per heavy atom. The number of methoxy groups -OCH3 is 1. The summed E-state index contributed by atoms with van der Waals surface area (Å²) in [5.74, 6) is 0.900. The second-order valence-corrected chi connectivity index (χ2v) is 4.70. The monoisotopic (exact) mass is 234 g/mol. The summed E-state index contributed by atoms with van der Waals surface area (Å²) in [5, 5.41) is 0. The van der Waals surface area contributed by atoms with Crippen molar-refractivity contribution in [2.75, 3.05) is 18.6 Å². The van der Waals surface area contributed by atoms with E-state index in [1.54, 1.807) is 7.11 Å². The van der Waals surface area contributed by atoms with Crippen molar-refractivity contribution in [2.24, 2.45) is 5.73 Å². The van der Waals surface area contributed by atoms with Gasteiger partial charge in [0.05, 0.1) is 7.11 Å². The van der Waals surface area contributed by atoms with Gasteiger partial charge in [0, 0.05) is 29.9 Å². The van der Waals surface area contributed by atoms with Crippen LogP contribution in [0.4, 0.5) is 5.69 Å². The number of rotatable bonds is 5. The van der Waals surface area contributed by atoms with Crippen LogP contribution in [0.5, 0.6) is 5.75 Å². The summed E-state index contributed by atoms with van der Waals surface area (Å²) < 4.78 is 5.44. The van der Waals surface area contributed by atoms with Crippen LogP contribution < -0.4 is 15.4 Å². The Labute approximate surface area is 104 Å². The smallest absolute Gasteiger partial charge is 0.125 e. The van der Waals surface area contributed by atoms with Crippen LogP contribution >= 0.6 is 0 Å². The van der Waals surface area contributed by atoms with Gasteiger partial charge in [-0.1, -0.05) is 6.07 Å². The van der Waals surface area contributed by atoms with Crippen LogP contribution in [0.1, 0.15) is 38.3 Å². The lowest BCUT2D eigenvalue weighted by molar-refractivity contribution is 0.407. The summed E-state index contributed by atoms with van der Waals surface area (Å²) in [6, 6.07) is 6.88. The van der Waals surface area contributed by atoms with Crippen LogP contribution in [0, 0.1) is 0 Å². The highest BCUT2D eigenvalue weighted by atomic mass is 16.5. The van der Waals surface area contributed by atoms with Crippen LogP contribution in [-0.2, 0) is 0 Å². The summed E-state index contributed by atoms with van der Waals surface area (Å²) in [7, 11) is 1.71. The highest BCUT2D eigenvalue weighted by molar-refractivity contribution is 5.61. The van der Waals surface area contributed by atoms with E-state index in [9.17, 15) is 0 Å². The minimum Gasteiger partial charge on any atom is -0.496 e. The van der Waals surface area contributed by atoms with Gasteiger partial charge in [-0.15, -0.1) is 0 Å². The third kappa shape index (κ3) is 2.39. The fourth-order valence-electron chi connectivity index (χ4n) is 2.43. The maximum Gasteiger partial charge on any atom is 0.125 e. The molecular formula is C14H22N2O. The molecule has 3 heteroatoms. The molecular weight excluding hydrogens is 212 g/mol. The fraction of sp³-hybridized carbons (Fsp3) is 0.571. The molecule has 94 valence electrons. The topological polar surface area (TPSA) is 38.5 Å². The molecule has 0 spiro atoms. The van der Waals surface area contributed by atoms with Crippen LogP contribution in [-0.4, -0.2) is 19.7 Å². The number of hydrogen-bond acceptors (Lipinski definition) is 3. The van der Waals surface area contributed by atoms with Crippen molar-refractivity contribution in [3.8, 4) is 5.75 Å². The Morgan fingerprint density at radius 1 is 1.47 bits per heavy atom. The molecule has 0 saturated heterocycles. The van der Waals surface area contributed by atoms with Gasteiger partial charge >= 0.3 is 0 Å². The molecule has 1 aliphatic carbocycles. The van der Waals surface area contributed by atoms with Crippen molar-refractivity contribution in [3.05, 3.63) is 23.8 Å². The Bertz CT molecular complexity index is 386. The van der Waals surface area contributed by atoms with E-state index in [0.29, 0.717) is 6.04 Å². The first-order valence-corrected chi connectivity index (χ1v) is 6.38. The summed E-state index contributed by atoms with van der Waals surface area (Å²) in [6.45, 7) is 5.24. The molecule has 2 rings (SSSR count). The summed E-state index contributed by atoms with van der Waals surface area (Å²) in [6.07, 6.45) is 2.59. The quantitative estimate of drug-likeness (QED) is 0.851. The Hall–Kier alpha value is -1.22. The van der Waals surface area contributed by atoms with E-state index in [-0.39, 0.29) is 6.04 Å². The maximum absolute atomic E-state index is 6.10. The molecule has 3 nitrogen and oxygen atoms in total. The van der Waals surface area contributed by atoms with E-state index < -0.39 is 0 Å². The Morgan fingerprint density at radius 2 is 2.18 bits per heavy atom. The van der Waals surface area contributed by atoms with Crippen LogP contribution in [0.2, 0.25) is 0 Å². The van der Waals surface area contributed by atoms with Gasteiger partial charge in [-0.2, -0.15) is 0 Å². The molecule has 1 aliphatic rings. The van der Waals surface area contributed by atoms with Gasteiger partial charge in [0.15, 0.2) is 0 Å². The molecule has 0 aliphatic heterocycles. The van der Waals surface area contributed by atoms with Gasteiger partial charge in [-0.3, -0.25) is 0 Å². The number of nitrogens with two attached hydrogens (primary N) is 1. The SMILES string of the molecule is CCN(c1cccc(OC)c1[C@@H](C)N)C1CC1. The van der Waals surface area contributed by atoms with E-state index in [1.807, 2.05) is 19.1 Å². The molecule has 17 heavy (non-hydrogen) atoms. The summed E-state index contributed by atoms with van der Waals surface area (Å²) >= 11 is 0. The molecule has 0 unspecified atom stereocenters. The van der Waals surface area contributed by atoms with Crippen molar-refractivity contribution in [2.45, 2.75) is 38.8 Å². The van der Waals surface area contributed by atoms with Crippen molar-refractivity contribution < 1.29 is 4.74 Å². The van der Waals surface area contributed by atoms with E-state index in [0.717, 1.165) is 17.9 Å². The highest BCUT2D eigenvalue weighted by Crippen LogP contribution is 2.38. The molecule has 0 amide bonds. The molecule has 1 atom stereocenters. The van der Waals surface area contributed by atoms with Gasteiger partial charge in [-0.25, -0.2) is 0 Å². The number of ether oxygens (including phenoxy) is 1. The van der Waals surface area contributed by atoms with E-state index in [2.05, 4.69) is 17.9 Å². The maximum atomic E-state index is 6.10. The normalized spacial score (nSPS) is 16.7. The van der Waals surface area contributed by atoms with E-state index in [4.69, 9.17) is 10.5 Å². The van der Waals surface area contributed by atoms with Gasteiger partial charge < -0.3 is 15.4 Å². The zero-order valence-electron chi connectivity index (χ0n) is 10.9. The minimum absolute atomic E-state index is 0.00560. The van der Waals surface area contributed by atoms with Gasteiger partial charge in [0.25, 0.3) is 0 Å². The molecule has 0 radical (unpaired) electrons. The van der Waals surface area contributed by atoms with Crippen LogP contribution in [0.3, 0.4) is 0 Å². The van der Waals surface area contributed by atoms with Crippen molar-refractivity contribution >= 4 is 5.69 Å². The zero-order valence-corrected chi connectivity index (χ0v) is 10.9. The van der Waals surface area contributed by atoms with Crippen molar-refractivity contribution in [1.29, 1.82) is 0 Å². The predicted octanol–water partition coefficient (Wildman–Crippen LogP) is 2.70. The van der Waals surface area contributed by atoms with Crippen LogP contribution in [0.25, 0.3) is 0 Å². The first-order chi connectivity index (χ1) is 8.19. The largest absolute Gasteiger partial charge is 0.496 e. The lowest BCUT2D eigenvalue weighted by atomic mass is 10.0. The first-order valence-electron chi connectivity index (χ1n) is 6.38. The van der Waals surface area contributed by atoms with E-state index >= 15 is 0 Å². The summed E-state index contributed by atoms with van der Waals surface area (Å²) in [4.78, 5) is 2.45. The van der Waals surface area contributed by atoms with Gasteiger partial charge in [0.1, 0.15) is 5.75 Å². The Balaban J connectivity index is 2.43. The second-order valence-electron chi connectivity index (χ2n) is 4.70. The molecule has 2 N–H and O–H groups in total. The average molecular weight is 234 g/mol. The molecule has 0 heterocycles. The third-order valence-corrected chi connectivity index (χ3v) is 3.36. The van der Waals surface area contributed by atoms with E-state index in [1.165, 1.54) is 18.5 Å². The fourth-order valence-corrected chi connectivity index (χ4v) is 2.43. The lowest BCUT2D eigenvalue weighted by Crippen LogP contribution is -2.27. The average Bonchev–Trinajstić information content (AvgIpc) is 3.13. The molecule has 0 aromatic heterocycles. The highest BCUT2D eigenvalue weighted by Gasteiger charge is 2.30. The Kier molecular flexibility index (Phi) is 3.57. The molecule has 1 aromatic rings. The summed E-state index contributed by atoms with van der Waals surface area (Å²) in [5.41, 5.74) is 8.47. The molecule has 1 aromatic carbocycles. The molecule has 1 saturated carbocycles. The van der Waals surface area contributed by atoms with Gasteiger partial charge in [-0.05, 0) is 38.8 Å². The lowest BCUT2D eigenvalue weighted by Gasteiger charge is -2.28. The van der Waals surface area contributed by atoms with Crippen LogP contribution in [0.15, 0.2) is 18.2 Å². The minimum atomic E-state index is -0.00560. The third-order valence-electron chi connectivity index (χ3n) is 3.36. The van der Waals surface area contributed by atoms with Crippen molar-refractivity contribution in [1.82, 2.24) is 0 Å². The number of benzene rings is 1. The molecule has 0 bridgehead atoms. The van der Waals surface area contributed by atoms with Crippen molar-refractivity contribution in [3.63, 3.8) is 0 Å². The van der Waals surface area contributed by atoms with Gasteiger partial charge in [0.2, 0.25) is 0 Å². The number of anilines is 1. The standard InChI is InChI=1S/C14H22N2O/c1-4-16(11-8-9-11)12-6-5-7-13(17-3)14(12)10(2)15/h5-7,10-11H,4,8-9,15H2,1-3H3/t10-/m1/s1. The first kappa shape index (κ1) is 12.2.